The van der Waals surface area contributed by atoms with Gasteiger partial charge in [-0.05, 0) is 18.2 Å². The molecule has 0 fully saturated rings. The SMILES string of the molecule is O=Cc1cn(S(=O)(=O)c2cccnc2)c2ccccc12. The maximum Gasteiger partial charge on any atom is 0.269 e. The van der Waals surface area contributed by atoms with Crippen LogP contribution in [-0.2, 0) is 10.0 Å². The first kappa shape index (κ1) is 12.6. The third-order valence-corrected chi connectivity index (χ3v) is 4.68. The number of carbonyl (C=O) groups excluding carboxylic acids is 1. The van der Waals surface area contributed by atoms with Crippen molar-refractivity contribution in [2.24, 2.45) is 0 Å². The Morgan fingerprint density at radius 3 is 2.60 bits per heavy atom. The highest BCUT2D eigenvalue weighted by Crippen LogP contribution is 2.24. The lowest BCUT2D eigenvalue weighted by Crippen LogP contribution is -2.11. The van der Waals surface area contributed by atoms with Gasteiger partial charge in [0.1, 0.15) is 4.90 Å². The van der Waals surface area contributed by atoms with E-state index in [0.29, 0.717) is 22.8 Å². The number of pyridine rings is 1. The lowest BCUT2D eigenvalue weighted by atomic mass is 10.2. The molecule has 5 nitrogen and oxygen atoms in total. The van der Waals surface area contributed by atoms with E-state index in [4.69, 9.17) is 0 Å². The smallest absolute Gasteiger partial charge is 0.269 e. The van der Waals surface area contributed by atoms with E-state index in [9.17, 15) is 13.2 Å². The van der Waals surface area contributed by atoms with Gasteiger partial charge in [-0.3, -0.25) is 9.78 Å². The largest absolute Gasteiger partial charge is 0.298 e. The second-order valence-electron chi connectivity index (χ2n) is 4.21. The Kier molecular flexibility index (Phi) is 2.87. The molecule has 2 heterocycles. The molecule has 3 rings (SSSR count). The van der Waals surface area contributed by atoms with Crippen molar-refractivity contribution in [3.63, 3.8) is 0 Å². The van der Waals surface area contributed by atoms with Gasteiger partial charge in [0, 0.05) is 29.5 Å². The summed E-state index contributed by atoms with van der Waals surface area (Å²) in [7, 11) is -3.76. The normalized spacial score (nSPS) is 11.6. The zero-order chi connectivity index (χ0) is 14.2. The van der Waals surface area contributed by atoms with Crippen molar-refractivity contribution in [1.29, 1.82) is 0 Å². The molecule has 0 atom stereocenters. The average Bonchev–Trinajstić information content (AvgIpc) is 2.88. The van der Waals surface area contributed by atoms with Gasteiger partial charge in [-0.2, -0.15) is 0 Å². The van der Waals surface area contributed by atoms with Crippen LogP contribution in [0.1, 0.15) is 10.4 Å². The van der Waals surface area contributed by atoms with Crippen molar-refractivity contribution >= 4 is 27.2 Å². The fourth-order valence-corrected chi connectivity index (χ4v) is 3.42. The Morgan fingerprint density at radius 2 is 1.90 bits per heavy atom. The van der Waals surface area contributed by atoms with Crippen molar-refractivity contribution in [2.75, 3.05) is 0 Å². The molecule has 0 unspecified atom stereocenters. The van der Waals surface area contributed by atoms with Crippen LogP contribution >= 0.6 is 0 Å². The molecule has 0 aliphatic heterocycles. The van der Waals surface area contributed by atoms with E-state index in [1.807, 2.05) is 0 Å². The van der Waals surface area contributed by atoms with Crippen molar-refractivity contribution in [2.45, 2.75) is 4.90 Å². The lowest BCUT2D eigenvalue weighted by Gasteiger charge is -2.06. The van der Waals surface area contributed by atoms with Gasteiger partial charge in [0.05, 0.1) is 5.52 Å². The van der Waals surface area contributed by atoms with Gasteiger partial charge in [0.15, 0.2) is 6.29 Å². The standard InChI is InChI=1S/C14H10N2O3S/c17-10-11-9-16(14-6-2-1-5-13(11)14)20(18,19)12-4-3-7-15-8-12/h1-10H. The maximum absolute atomic E-state index is 12.6. The fraction of sp³-hybridized carbons (Fsp3) is 0. The summed E-state index contributed by atoms with van der Waals surface area (Å²) in [4.78, 5) is 15.0. The molecule has 3 aromatic rings. The minimum Gasteiger partial charge on any atom is -0.298 e. The van der Waals surface area contributed by atoms with Crippen molar-refractivity contribution in [1.82, 2.24) is 8.96 Å². The van der Waals surface area contributed by atoms with Crippen LogP contribution in [-0.4, -0.2) is 23.7 Å². The molecule has 0 aliphatic carbocycles. The highest BCUT2D eigenvalue weighted by Gasteiger charge is 2.20. The number of hydrogen-bond acceptors (Lipinski definition) is 4. The number of benzene rings is 1. The second kappa shape index (κ2) is 4.57. The third-order valence-electron chi connectivity index (χ3n) is 3.03. The van der Waals surface area contributed by atoms with Gasteiger partial charge in [0.2, 0.25) is 0 Å². The highest BCUT2D eigenvalue weighted by atomic mass is 32.2. The number of fused-ring (bicyclic) bond motifs is 1. The van der Waals surface area contributed by atoms with E-state index in [-0.39, 0.29) is 4.90 Å². The first-order valence-corrected chi connectivity index (χ1v) is 7.29. The molecule has 0 bridgehead atoms. The van der Waals surface area contributed by atoms with E-state index >= 15 is 0 Å². The first-order valence-electron chi connectivity index (χ1n) is 5.85. The lowest BCUT2D eigenvalue weighted by molar-refractivity contribution is 0.112. The highest BCUT2D eigenvalue weighted by molar-refractivity contribution is 7.90. The predicted octanol–water partition coefficient (Wildman–Crippen LogP) is 2.09. The molecule has 0 N–H and O–H groups in total. The van der Waals surface area contributed by atoms with Gasteiger partial charge < -0.3 is 0 Å². The topological polar surface area (TPSA) is 69.0 Å². The summed E-state index contributed by atoms with van der Waals surface area (Å²) in [5, 5.41) is 0.606. The number of hydrogen-bond donors (Lipinski definition) is 0. The van der Waals surface area contributed by atoms with Crippen molar-refractivity contribution in [3.05, 3.63) is 60.6 Å². The van der Waals surface area contributed by atoms with Crippen molar-refractivity contribution in [3.8, 4) is 0 Å². The number of aldehydes is 1. The second-order valence-corrected chi connectivity index (χ2v) is 6.02. The zero-order valence-electron chi connectivity index (χ0n) is 10.3. The number of carbonyl (C=O) groups is 1. The molecule has 100 valence electrons. The van der Waals surface area contributed by atoms with Gasteiger partial charge in [0.25, 0.3) is 10.0 Å². The van der Waals surface area contributed by atoms with Crippen LogP contribution < -0.4 is 0 Å². The number of rotatable bonds is 3. The monoisotopic (exact) mass is 286 g/mol. The summed E-state index contributed by atoms with van der Waals surface area (Å²) in [6.45, 7) is 0. The Labute approximate surface area is 115 Å². The summed E-state index contributed by atoms with van der Waals surface area (Å²) in [5.41, 5.74) is 0.812. The number of nitrogens with zero attached hydrogens (tertiary/aromatic N) is 2. The van der Waals surface area contributed by atoms with Crippen LogP contribution in [0.15, 0.2) is 59.9 Å². The van der Waals surface area contributed by atoms with E-state index in [2.05, 4.69) is 4.98 Å². The number of para-hydroxylation sites is 1. The predicted molar refractivity (Wildman–Crippen MR) is 74.1 cm³/mol. The molecule has 0 amide bonds. The summed E-state index contributed by atoms with van der Waals surface area (Å²) in [6.07, 6.45) is 4.77. The average molecular weight is 286 g/mol. The summed E-state index contributed by atoms with van der Waals surface area (Å²) in [5.74, 6) is 0. The molecule has 20 heavy (non-hydrogen) atoms. The first-order chi connectivity index (χ1) is 9.64. The molecular weight excluding hydrogens is 276 g/mol. The molecule has 0 aliphatic rings. The van der Waals surface area contributed by atoms with Crippen LogP contribution in [0, 0.1) is 0 Å². The van der Waals surface area contributed by atoms with Crippen LogP contribution in [0.4, 0.5) is 0 Å². The number of aromatic nitrogens is 2. The molecular formula is C14H10N2O3S. The summed E-state index contributed by atoms with van der Waals surface area (Å²) >= 11 is 0. The molecule has 6 heteroatoms. The quantitative estimate of drug-likeness (QED) is 0.691. The third kappa shape index (κ3) is 1.81. The van der Waals surface area contributed by atoms with Crippen LogP contribution in [0.2, 0.25) is 0 Å². The Morgan fingerprint density at radius 1 is 1.10 bits per heavy atom. The van der Waals surface area contributed by atoms with E-state index in [0.717, 1.165) is 3.97 Å². The maximum atomic E-state index is 12.6. The van der Waals surface area contributed by atoms with E-state index in [1.165, 1.54) is 24.7 Å². The van der Waals surface area contributed by atoms with Gasteiger partial charge >= 0.3 is 0 Å². The summed E-state index contributed by atoms with van der Waals surface area (Å²) < 4.78 is 26.3. The van der Waals surface area contributed by atoms with Crippen LogP contribution in [0.25, 0.3) is 10.9 Å². The van der Waals surface area contributed by atoms with Crippen molar-refractivity contribution < 1.29 is 13.2 Å². The van der Waals surface area contributed by atoms with E-state index < -0.39 is 10.0 Å². The fourth-order valence-electron chi connectivity index (χ4n) is 2.08. The zero-order valence-corrected chi connectivity index (χ0v) is 11.1. The summed E-state index contributed by atoms with van der Waals surface area (Å²) in [6, 6.07) is 9.89. The molecule has 0 saturated heterocycles. The minimum atomic E-state index is -3.76. The van der Waals surface area contributed by atoms with Crippen LogP contribution in [0.3, 0.4) is 0 Å². The molecule has 0 saturated carbocycles. The van der Waals surface area contributed by atoms with Gasteiger partial charge in [-0.15, -0.1) is 0 Å². The molecule has 0 radical (unpaired) electrons. The van der Waals surface area contributed by atoms with Gasteiger partial charge in [-0.25, -0.2) is 12.4 Å². The van der Waals surface area contributed by atoms with E-state index in [1.54, 1.807) is 30.3 Å². The van der Waals surface area contributed by atoms with Gasteiger partial charge in [-0.1, -0.05) is 18.2 Å². The Hall–Kier alpha value is -2.47. The Balaban J connectivity index is 2.33. The molecule has 2 aromatic heterocycles. The van der Waals surface area contributed by atoms with Crippen LogP contribution in [0.5, 0.6) is 0 Å². The minimum absolute atomic E-state index is 0.0817. The molecule has 0 spiro atoms. The molecule has 1 aromatic carbocycles. The Bertz CT molecular complexity index is 883.